The average molecular weight is 515 g/mol. The lowest BCUT2D eigenvalue weighted by Crippen LogP contribution is -1.97. The number of pyridine rings is 2. The molecule has 0 amide bonds. The van der Waals surface area contributed by atoms with Crippen molar-refractivity contribution >= 4 is 32.6 Å². The summed E-state index contributed by atoms with van der Waals surface area (Å²) >= 11 is 0. The quantitative estimate of drug-likeness (QED) is 0.219. The molecule has 0 unspecified atom stereocenters. The van der Waals surface area contributed by atoms with Gasteiger partial charge in [0.25, 0.3) is 0 Å². The molecular weight excluding hydrogens is 484 g/mol. The van der Waals surface area contributed by atoms with E-state index in [4.69, 9.17) is 9.97 Å². The molecule has 2 heterocycles. The van der Waals surface area contributed by atoms with Crippen molar-refractivity contribution in [3.05, 3.63) is 132 Å². The van der Waals surface area contributed by atoms with Gasteiger partial charge in [-0.15, -0.1) is 0 Å². The SMILES string of the molecule is Cc1cnc2c(ccc3c(C)c(C)c(-c4ccc(-c5cccc(-c6cccc7ccccc67)c5)cc4)nc32)c1C. The molecule has 0 saturated heterocycles. The van der Waals surface area contributed by atoms with Crippen molar-refractivity contribution in [3.63, 3.8) is 0 Å². The van der Waals surface area contributed by atoms with Gasteiger partial charge in [0.1, 0.15) is 0 Å². The number of hydrogen-bond donors (Lipinski definition) is 0. The second kappa shape index (κ2) is 9.43. The highest BCUT2D eigenvalue weighted by molar-refractivity contribution is 6.06. The zero-order valence-electron chi connectivity index (χ0n) is 23.3. The number of aryl methyl sites for hydroxylation is 3. The average Bonchev–Trinajstić information content (AvgIpc) is 3.00. The molecule has 2 heteroatoms. The van der Waals surface area contributed by atoms with Gasteiger partial charge >= 0.3 is 0 Å². The maximum Gasteiger partial charge on any atom is 0.0975 e. The topological polar surface area (TPSA) is 25.8 Å². The van der Waals surface area contributed by atoms with Gasteiger partial charge in [-0.2, -0.15) is 0 Å². The van der Waals surface area contributed by atoms with Crippen LogP contribution in [0.3, 0.4) is 0 Å². The molecule has 0 radical (unpaired) electrons. The number of fused-ring (bicyclic) bond motifs is 4. The van der Waals surface area contributed by atoms with Gasteiger partial charge in [-0.1, -0.05) is 97.1 Å². The molecule has 0 saturated carbocycles. The van der Waals surface area contributed by atoms with Crippen LogP contribution in [0.1, 0.15) is 22.3 Å². The van der Waals surface area contributed by atoms with Crippen molar-refractivity contribution in [2.75, 3.05) is 0 Å². The van der Waals surface area contributed by atoms with E-state index in [0.717, 1.165) is 22.3 Å². The molecule has 2 nitrogen and oxygen atoms in total. The van der Waals surface area contributed by atoms with E-state index >= 15 is 0 Å². The van der Waals surface area contributed by atoms with Gasteiger partial charge in [0.2, 0.25) is 0 Å². The molecule has 0 fully saturated rings. The van der Waals surface area contributed by atoms with Gasteiger partial charge in [0.15, 0.2) is 0 Å². The first-order chi connectivity index (χ1) is 19.5. The predicted octanol–water partition coefficient (Wildman–Crippen LogP) is 10.2. The Morgan fingerprint density at radius 1 is 0.475 bits per heavy atom. The Morgan fingerprint density at radius 2 is 1.15 bits per heavy atom. The summed E-state index contributed by atoms with van der Waals surface area (Å²) in [5.41, 5.74) is 13.9. The van der Waals surface area contributed by atoms with Crippen LogP contribution in [-0.4, -0.2) is 9.97 Å². The minimum atomic E-state index is 0.977. The molecule has 0 spiro atoms. The van der Waals surface area contributed by atoms with Crippen LogP contribution in [0.2, 0.25) is 0 Å². The van der Waals surface area contributed by atoms with Crippen LogP contribution in [0.25, 0.3) is 66.1 Å². The number of benzene rings is 5. The molecule has 2 aromatic heterocycles. The summed E-state index contributed by atoms with van der Waals surface area (Å²) in [6, 6.07) is 37.2. The van der Waals surface area contributed by atoms with E-state index in [0.29, 0.717) is 0 Å². The Bertz CT molecular complexity index is 2080. The Kier molecular flexibility index (Phi) is 5.71. The Morgan fingerprint density at radius 3 is 1.98 bits per heavy atom. The lowest BCUT2D eigenvalue weighted by Gasteiger charge is -2.15. The standard InChI is InChI=1S/C38H30N2/c1-23-22-39-37-32(24(23)2)19-20-33-25(3)26(4)36(40-38(33)37)29-17-15-27(16-18-29)30-11-7-12-31(21-30)35-14-8-10-28-9-5-6-13-34(28)35/h5-22H,1-4H3. The summed E-state index contributed by atoms with van der Waals surface area (Å²) in [7, 11) is 0. The van der Waals surface area contributed by atoms with Crippen LogP contribution in [0, 0.1) is 27.7 Å². The monoisotopic (exact) mass is 514 g/mol. The molecule has 0 N–H and O–H groups in total. The summed E-state index contributed by atoms with van der Waals surface area (Å²) in [5.74, 6) is 0. The summed E-state index contributed by atoms with van der Waals surface area (Å²) in [6.07, 6.45) is 1.97. The summed E-state index contributed by atoms with van der Waals surface area (Å²) in [6.45, 7) is 8.66. The zero-order chi connectivity index (χ0) is 27.4. The van der Waals surface area contributed by atoms with E-state index in [1.807, 2.05) is 6.20 Å². The third kappa shape index (κ3) is 3.87. The zero-order valence-corrected chi connectivity index (χ0v) is 23.3. The van der Waals surface area contributed by atoms with Gasteiger partial charge < -0.3 is 0 Å². The van der Waals surface area contributed by atoms with Crippen molar-refractivity contribution < 1.29 is 0 Å². The molecule has 0 atom stereocenters. The van der Waals surface area contributed by atoms with E-state index in [2.05, 4.69) is 131 Å². The highest BCUT2D eigenvalue weighted by atomic mass is 14.8. The molecule has 5 aromatic carbocycles. The van der Waals surface area contributed by atoms with E-state index in [-0.39, 0.29) is 0 Å². The van der Waals surface area contributed by atoms with Gasteiger partial charge in [0.05, 0.1) is 16.7 Å². The Balaban J connectivity index is 1.31. The third-order valence-electron chi connectivity index (χ3n) is 8.53. The fraction of sp³-hybridized carbons (Fsp3) is 0.105. The largest absolute Gasteiger partial charge is 0.254 e. The number of hydrogen-bond acceptors (Lipinski definition) is 2. The number of nitrogens with zero attached hydrogens (tertiary/aromatic N) is 2. The minimum absolute atomic E-state index is 0.977. The molecule has 40 heavy (non-hydrogen) atoms. The van der Waals surface area contributed by atoms with Crippen LogP contribution in [-0.2, 0) is 0 Å². The van der Waals surface area contributed by atoms with Crippen molar-refractivity contribution in [2.24, 2.45) is 0 Å². The summed E-state index contributed by atoms with van der Waals surface area (Å²) < 4.78 is 0. The maximum atomic E-state index is 5.23. The van der Waals surface area contributed by atoms with Crippen LogP contribution in [0.5, 0.6) is 0 Å². The van der Waals surface area contributed by atoms with E-state index < -0.39 is 0 Å². The number of aromatic nitrogens is 2. The third-order valence-corrected chi connectivity index (χ3v) is 8.53. The molecule has 0 aliphatic carbocycles. The normalized spacial score (nSPS) is 11.5. The fourth-order valence-electron chi connectivity index (χ4n) is 5.92. The second-order valence-electron chi connectivity index (χ2n) is 10.8. The Labute approximate surface area is 235 Å². The first kappa shape index (κ1) is 24.2. The fourth-order valence-corrected chi connectivity index (χ4v) is 5.92. The summed E-state index contributed by atoms with van der Waals surface area (Å²) in [4.78, 5) is 10.0. The summed E-state index contributed by atoms with van der Waals surface area (Å²) in [5, 5.41) is 4.89. The molecule has 0 bridgehead atoms. The van der Waals surface area contributed by atoms with Crippen LogP contribution in [0.15, 0.2) is 109 Å². The predicted molar refractivity (Wildman–Crippen MR) is 170 cm³/mol. The maximum absolute atomic E-state index is 5.23. The van der Waals surface area contributed by atoms with Gasteiger partial charge in [-0.25, -0.2) is 4.98 Å². The van der Waals surface area contributed by atoms with Crippen LogP contribution in [0.4, 0.5) is 0 Å². The number of rotatable bonds is 3. The highest BCUT2D eigenvalue weighted by Crippen LogP contribution is 2.35. The lowest BCUT2D eigenvalue weighted by molar-refractivity contribution is 1.25. The Hall–Kier alpha value is -4.82. The van der Waals surface area contributed by atoms with Crippen molar-refractivity contribution in [1.29, 1.82) is 0 Å². The van der Waals surface area contributed by atoms with Crippen LogP contribution < -0.4 is 0 Å². The first-order valence-corrected chi connectivity index (χ1v) is 13.8. The lowest BCUT2D eigenvalue weighted by atomic mass is 9.94. The minimum Gasteiger partial charge on any atom is -0.254 e. The second-order valence-corrected chi connectivity index (χ2v) is 10.8. The van der Waals surface area contributed by atoms with Crippen molar-refractivity contribution in [3.8, 4) is 33.5 Å². The van der Waals surface area contributed by atoms with Gasteiger partial charge in [-0.05, 0) is 89.0 Å². The van der Waals surface area contributed by atoms with Gasteiger partial charge in [-0.3, -0.25) is 4.98 Å². The smallest absolute Gasteiger partial charge is 0.0975 e. The van der Waals surface area contributed by atoms with Crippen LogP contribution >= 0.6 is 0 Å². The van der Waals surface area contributed by atoms with Crippen molar-refractivity contribution in [2.45, 2.75) is 27.7 Å². The van der Waals surface area contributed by atoms with E-state index in [1.165, 1.54) is 66.1 Å². The first-order valence-electron chi connectivity index (χ1n) is 13.8. The molecule has 7 aromatic rings. The molecule has 0 aliphatic rings. The van der Waals surface area contributed by atoms with E-state index in [9.17, 15) is 0 Å². The molecular formula is C38H30N2. The molecule has 0 aliphatic heterocycles. The van der Waals surface area contributed by atoms with E-state index in [1.54, 1.807) is 0 Å². The van der Waals surface area contributed by atoms with Crippen molar-refractivity contribution in [1.82, 2.24) is 9.97 Å². The highest BCUT2D eigenvalue weighted by Gasteiger charge is 2.15. The molecule has 7 rings (SSSR count). The molecule has 192 valence electrons. The van der Waals surface area contributed by atoms with Gasteiger partial charge in [0, 0.05) is 22.5 Å².